The second kappa shape index (κ2) is 5.68. The second-order valence-corrected chi connectivity index (χ2v) is 6.83. The van der Waals surface area contributed by atoms with E-state index in [2.05, 4.69) is 5.16 Å². The van der Waals surface area contributed by atoms with Gasteiger partial charge in [0.05, 0.1) is 11.8 Å². The molecule has 7 heteroatoms. The quantitative estimate of drug-likeness (QED) is 0.328. The summed E-state index contributed by atoms with van der Waals surface area (Å²) in [6, 6.07) is -0.475. The molecule has 1 heterocycles. The average Bonchev–Trinajstić information content (AvgIpc) is 2.75. The van der Waals surface area contributed by atoms with Crippen LogP contribution in [0.4, 0.5) is 0 Å². The predicted octanol–water partition coefficient (Wildman–Crippen LogP) is 0.573. The first-order chi connectivity index (χ1) is 7.88. The molecule has 17 heavy (non-hydrogen) atoms. The van der Waals surface area contributed by atoms with Crippen LogP contribution >= 0.6 is 0 Å². The summed E-state index contributed by atoms with van der Waals surface area (Å²) in [7, 11) is -3.30. The molecule has 0 spiro atoms. The number of oxime groups is 1. The van der Waals surface area contributed by atoms with Gasteiger partial charge in [-0.2, -0.15) is 4.31 Å². The molecule has 0 bridgehead atoms. The van der Waals surface area contributed by atoms with Gasteiger partial charge in [-0.25, -0.2) is 8.42 Å². The molecule has 1 saturated heterocycles. The fourth-order valence-corrected chi connectivity index (χ4v) is 3.95. The summed E-state index contributed by atoms with van der Waals surface area (Å²) in [6.07, 6.45) is 2.00. The molecule has 0 radical (unpaired) electrons. The first-order valence-corrected chi connectivity index (χ1v) is 7.46. The fraction of sp³-hybridized carbons (Fsp3) is 0.900. The predicted molar refractivity (Wildman–Crippen MR) is 66.4 cm³/mol. The molecule has 0 aromatic rings. The lowest BCUT2D eigenvalue weighted by molar-refractivity contribution is 0.311. The van der Waals surface area contributed by atoms with E-state index in [0.717, 1.165) is 6.42 Å². The zero-order valence-corrected chi connectivity index (χ0v) is 11.2. The Kier molecular flexibility index (Phi) is 4.76. The van der Waals surface area contributed by atoms with Crippen molar-refractivity contribution in [1.29, 1.82) is 0 Å². The van der Waals surface area contributed by atoms with Gasteiger partial charge in [0.15, 0.2) is 5.84 Å². The summed E-state index contributed by atoms with van der Waals surface area (Å²) in [5.41, 5.74) is 5.52. The van der Waals surface area contributed by atoms with Crippen molar-refractivity contribution in [3.05, 3.63) is 0 Å². The molecule has 100 valence electrons. The number of nitrogens with zero attached hydrogens (tertiary/aromatic N) is 2. The third-order valence-electron chi connectivity index (χ3n) is 2.97. The molecule has 1 atom stereocenters. The van der Waals surface area contributed by atoms with Crippen molar-refractivity contribution in [1.82, 2.24) is 4.31 Å². The Balaban J connectivity index is 2.76. The van der Waals surface area contributed by atoms with E-state index < -0.39 is 16.1 Å². The molecule has 1 unspecified atom stereocenters. The Hall–Kier alpha value is -0.820. The summed E-state index contributed by atoms with van der Waals surface area (Å²) in [4.78, 5) is 0. The van der Waals surface area contributed by atoms with Gasteiger partial charge < -0.3 is 10.9 Å². The van der Waals surface area contributed by atoms with Gasteiger partial charge in [0.1, 0.15) is 0 Å². The maximum absolute atomic E-state index is 12.1. The van der Waals surface area contributed by atoms with E-state index >= 15 is 0 Å². The van der Waals surface area contributed by atoms with Crippen LogP contribution in [0.1, 0.15) is 33.1 Å². The minimum atomic E-state index is -3.30. The van der Waals surface area contributed by atoms with E-state index in [1.807, 2.05) is 13.8 Å². The Morgan fingerprint density at radius 2 is 2.24 bits per heavy atom. The van der Waals surface area contributed by atoms with Gasteiger partial charge >= 0.3 is 0 Å². The normalized spacial score (nSPS) is 23.5. The van der Waals surface area contributed by atoms with Crippen LogP contribution in [-0.4, -0.2) is 42.1 Å². The number of sulfonamides is 1. The maximum Gasteiger partial charge on any atom is 0.214 e. The Morgan fingerprint density at radius 3 is 2.76 bits per heavy atom. The van der Waals surface area contributed by atoms with Crippen LogP contribution in [0.3, 0.4) is 0 Å². The minimum Gasteiger partial charge on any atom is -0.409 e. The number of amidine groups is 1. The molecule has 1 aliphatic rings. The Morgan fingerprint density at radius 1 is 1.59 bits per heavy atom. The number of nitrogens with two attached hydrogens (primary N) is 1. The first-order valence-electron chi connectivity index (χ1n) is 5.85. The first kappa shape index (κ1) is 14.2. The van der Waals surface area contributed by atoms with E-state index in [4.69, 9.17) is 10.9 Å². The van der Waals surface area contributed by atoms with E-state index in [-0.39, 0.29) is 11.6 Å². The summed E-state index contributed by atoms with van der Waals surface area (Å²) in [6.45, 7) is 4.43. The van der Waals surface area contributed by atoms with Gasteiger partial charge in [-0.15, -0.1) is 0 Å². The molecule has 0 saturated carbocycles. The second-order valence-electron chi connectivity index (χ2n) is 4.79. The lowest BCUT2D eigenvalue weighted by Crippen LogP contribution is -2.44. The molecule has 1 rings (SSSR count). The Bertz CT molecular complexity index is 378. The summed E-state index contributed by atoms with van der Waals surface area (Å²) < 4.78 is 25.6. The molecule has 0 aliphatic carbocycles. The SMILES string of the molecule is CC(C)CCS(=O)(=O)N1CCCC1C(N)=NO. The van der Waals surface area contributed by atoms with Crippen molar-refractivity contribution in [2.24, 2.45) is 16.8 Å². The Labute approximate surface area is 103 Å². The molecular formula is C10H21N3O3S. The van der Waals surface area contributed by atoms with Crippen molar-refractivity contribution in [2.45, 2.75) is 39.2 Å². The van der Waals surface area contributed by atoms with Crippen molar-refractivity contribution in [3.63, 3.8) is 0 Å². The topological polar surface area (TPSA) is 96.0 Å². The summed E-state index contributed by atoms with van der Waals surface area (Å²) in [5.74, 6) is 0.449. The minimum absolute atomic E-state index is 0.0179. The van der Waals surface area contributed by atoms with Crippen molar-refractivity contribution in [2.75, 3.05) is 12.3 Å². The summed E-state index contributed by atoms with van der Waals surface area (Å²) >= 11 is 0. The highest BCUT2D eigenvalue weighted by atomic mass is 32.2. The molecule has 1 fully saturated rings. The van der Waals surface area contributed by atoms with Gasteiger partial charge in [-0.05, 0) is 25.2 Å². The average molecular weight is 263 g/mol. The van der Waals surface area contributed by atoms with Crippen LogP contribution in [0.5, 0.6) is 0 Å². The highest BCUT2D eigenvalue weighted by molar-refractivity contribution is 7.89. The monoisotopic (exact) mass is 263 g/mol. The maximum atomic E-state index is 12.1. The van der Waals surface area contributed by atoms with Crippen molar-refractivity contribution >= 4 is 15.9 Å². The summed E-state index contributed by atoms with van der Waals surface area (Å²) in [5, 5.41) is 11.6. The molecule has 0 aromatic heterocycles. The van der Waals surface area contributed by atoms with Crippen LogP contribution in [0.15, 0.2) is 5.16 Å². The van der Waals surface area contributed by atoms with E-state index in [1.165, 1.54) is 4.31 Å². The van der Waals surface area contributed by atoms with Crippen LogP contribution in [0.2, 0.25) is 0 Å². The van der Waals surface area contributed by atoms with Crippen molar-refractivity contribution < 1.29 is 13.6 Å². The van der Waals surface area contributed by atoms with Crippen LogP contribution < -0.4 is 5.73 Å². The molecule has 6 nitrogen and oxygen atoms in total. The van der Waals surface area contributed by atoms with Gasteiger partial charge in [0.2, 0.25) is 10.0 Å². The standard InChI is InChI=1S/C10H21N3O3S/c1-8(2)5-7-17(15,16)13-6-3-4-9(13)10(11)12-14/h8-9,14H,3-7H2,1-2H3,(H2,11,12). The molecule has 1 aliphatic heterocycles. The van der Waals surface area contributed by atoms with Crippen molar-refractivity contribution in [3.8, 4) is 0 Å². The molecular weight excluding hydrogens is 242 g/mol. The number of rotatable bonds is 5. The van der Waals surface area contributed by atoms with Gasteiger partial charge in [0, 0.05) is 6.54 Å². The zero-order valence-electron chi connectivity index (χ0n) is 10.3. The third kappa shape index (κ3) is 3.57. The van der Waals surface area contributed by atoms with Gasteiger partial charge in [0.25, 0.3) is 0 Å². The van der Waals surface area contributed by atoms with E-state index in [0.29, 0.717) is 25.3 Å². The van der Waals surface area contributed by atoms with E-state index in [1.54, 1.807) is 0 Å². The fourth-order valence-electron chi connectivity index (χ4n) is 1.94. The molecule has 3 N–H and O–H groups in total. The lowest BCUT2D eigenvalue weighted by Gasteiger charge is -2.23. The molecule has 0 aromatic carbocycles. The largest absolute Gasteiger partial charge is 0.409 e. The number of hydrogen-bond acceptors (Lipinski definition) is 4. The lowest BCUT2D eigenvalue weighted by atomic mass is 10.2. The molecule has 0 amide bonds. The van der Waals surface area contributed by atoms with Gasteiger partial charge in [-0.3, -0.25) is 0 Å². The zero-order chi connectivity index (χ0) is 13.1. The van der Waals surface area contributed by atoms with Gasteiger partial charge in [-0.1, -0.05) is 19.0 Å². The number of hydrogen-bond donors (Lipinski definition) is 2. The highest BCUT2D eigenvalue weighted by Gasteiger charge is 2.36. The van der Waals surface area contributed by atoms with E-state index in [9.17, 15) is 8.42 Å². The van der Waals surface area contributed by atoms with Crippen LogP contribution in [0.25, 0.3) is 0 Å². The smallest absolute Gasteiger partial charge is 0.214 e. The van der Waals surface area contributed by atoms with Crippen LogP contribution in [-0.2, 0) is 10.0 Å². The van der Waals surface area contributed by atoms with Crippen LogP contribution in [0, 0.1) is 5.92 Å². The third-order valence-corrected chi connectivity index (χ3v) is 4.87. The highest BCUT2D eigenvalue weighted by Crippen LogP contribution is 2.22.